The number of hydrogen-bond donors (Lipinski definition) is 2. The molecule has 0 unspecified atom stereocenters. The summed E-state index contributed by atoms with van der Waals surface area (Å²) < 4.78 is 0. The first-order chi connectivity index (χ1) is 13.5. The number of anilines is 1. The topological polar surface area (TPSA) is 70.6 Å². The second-order valence-electron chi connectivity index (χ2n) is 6.02. The fourth-order valence-electron chi connectivity index (χ4n) is 2.53. The first-order valence-corrected chi connectivity index (χ1v) is 8.98. The Morgan fingerprint density at radius 3 is 2.25 bits per heavy atom. The van der Waals surface area contributed by atoms with Crippen molar-refractivity contribution in [3.63, 3.8) is 0 Å². The SMILES string of the molecule is CC(=NNC(=O)c1cccc(NC(=O)c2ccccc2Cl)c1)c1ccccc1. The van der Waals surface area contributed by atoms with Gasteiger partial charge in [-0.1, -0.05) is 60.1 Å². The number of hydrazone groups is 1. The van der Waals surface area contributed by atoms with E-state index < -0.39 is 0 Å². The van der Waals surface area contributed by atoms with E-state index in [9.17, 15) is 9.59 Å². The summed E-state index contributed by atoms with van der Waals surface area (Å²) in [5.41, 5.74) is 5.37. The van der Waals surface area contributed by atoms with Gasteiger partial charge in [-0.15, -0.1) is 0 Å². The Kier molecular flexibility index (Phi) is 6.19. The summed E-state index contributed by atoms with van der Waals surface area (Å²) in [5.74, 6) is -0.717. The van der Waals surface area contributed by atoms with Crippen molar-refractivity contribution >= 4 is 34.8 Å². The monoisotopic (exact) mass is 391 g/mol. The molecule has 3 aromatic carbocycles. The highest BCUT2D eigenvalue weighted by Crippen LogP contribution is 2.18. The predicted octanol–water partition coefficient (Wildman–Crippen LogP) is 4.75. The Balaban J connectivity index is 1.70. The Morgan fingerprint density at radius 2 is 1.50 bits per heavy atom. The van der Waals surface area contributed by atoms with Crippen LogP contribution in [0.2, 0.25) is 5.02 Å². The van der Waals surface area contributed by atoms with E-state index in [2.05, 4.69) is 15.8 Å². The number of hydrogen-bond acceptors (Lipinski definition) is 3. The van der Waals surface area contributed by atoms with Gasteiger partial charge >= 0.3 is 0 Å². The van der Waals surface area contributed by atoms with Gasteiger partial charge < -0.3 is 5.32 Å². The zero-order valence-corrected chi connectivity index (χ0v) is 15.9. The molecule has 0 aromatic heterocycles. The van der Waals surface area contributed by atoms with E-state index in [0.29, 0.717) is 27.5 Å². The van der Waals surface area contributed by atoms with E-state index in [1.165, 1.54) is 0 Å². The van der Waals surface area contributed by atoms with Crippen molar-refractivity contribution in [1.82, 2.24) is 5.43 Å². The zero-order chi connectivity index (χ0) is 19.9. The molecule has 5 nitrogen and oxygen atoms in total. The van der Waals surface area contributed by atoms with E-state index >= 15 is 0 Å². The fourth-order valence-corrected chi connectivity index (χ4v) is 2.75. The van der Waals surface area contributed by atoms with E-state index in [1.807, 2.05) is 37.3 Å². The van der Waals surface area contributed by atoms with Crippen molar-refractivity contribution in [3.8, 4) is 0 Å². The smallest absolute Gasteiger partial charge is 0.271 e. The average Bonchev–Trinajstić information content (AvgIpc) is 2.72. The van der Waals surface area contributed by atoms with Gasteiger partial charge in [-0.05, 0) is 42.8 Å². The van der Waals surface area contributed by atoms with Crippen LogP contribution in [-0.2, 0) is 0 Å². The number of amides is 2. The second kappa shape index (κ2) is 8.97. The highest BCUT2D eigenvalue weighted by molar-refractivity contribution is 6.34. The van der Waals surface area contributed by atoms with Crippen LogP contribution in [0.4, 0.5) is 5.69 Å². The molecule has 28 heavy (non-hydrogen) atoms. The molecule has 0 aliphatic carbocycles. The van der Waals surface area contributed by atoms with Gasteiger partial charge in [0.05, 0.1) is 16.3 Å². The van der Waals surface area contributed by atoms with Crippen LogP contribution in [0.3, 0.4) is 0 Å². The predicted molar refractivity (Wildman–Crippen MR) is 112 cm³/mol. The van der Waals surface area contributed by atoms with Gasteiger partial charge in [-0.25, -0.2) is 5.43 Å². The summed E-state index contributed by atoms with van der Waals surface area (Å²) in [5, 5.41) is 7.24. The molecular formula is C22H18ClN3O2. The average molecular weight is 392 g/mol. The molecular weight excluding hydrogens is 374 g/mol. The number of nitrogens with one attached hydrogen (secondary N) is 2. The largest absolute Gasteiger partial charge is 0.322 e. The van der Waals surface area contributed by atoms with Crippen LogP contribution >= 0.6 is 11.6 Å². The van der Waals surface area contributed by atoms with Crippen molar-refractivity contribution in [2.75, 3.05) is 5.32 Å². The quantitative estimate of drug-likeness (QED) is 0.487. The number of nitrogens with zero attached hydrogens (tertiary/aromatic N) is 1. The lowest BCUT2D eigenvalue weighted by molar-refractivity contribution is 0.0953. The Bertz CT molecular complexity index is 1030. The van der Waals surface area contributed by atoms with E-state index in [-0.39, 0.29) is 11.8 Å². The molecule has 0 aliphatic rings. The molecule has 6 heteroatoms. The van der Waals surface area contributed by atoms with E-state index in [1.54, 1.807) is 48.5 Å². The van der Waals surface area contributed by atoms with Crippen LogP contribution in [-0.4, -0.2) is 17.5 Å². The number of carbonyl (C=O) groups excluding carboxylic acids is 2. The third kappa shape index (κ3) is 4.84. The van der Waals surface area contributed by atoms with E-state index in [4.69, 9.17) is 11.6 Å². The van der Waals surface area contributed by atoms with E-state index in [0.717, 1.165) is 5.56 Å². The lowest BCUT2D eigenvalue weighted by Crippen LogP contribution is -2.20. The van der Waals surface area contributed by atoms with Crippen molar-refractivity contribution in [2.45, 2.75) is 6.92 Å². The van der Waals surface area contributed by atoms with Gasteiger partial charge in [0.25, 0.3) is 11.8 Å². The molecule has 0 aliphatic heterocycles. The minimum Gasteiger partial charge on any atom is -0.322 e. The van der Waals surface area contributed by atoms with Crippen LogP contribution in [0.25, 0.3) is 0 Å². The van der Waals surface area contributed by atoms with Gasteiger partial charge in [0, 0.05) is 11.3 Å². The van der Waals surface area contributed by atoms with Gasteiger partial charge in [-0.3, -0.25) is 9.59 Å². The van der Waals surface area contributed by atoms with Crippen LogP contribution in [0.1, 0.15) is 33.2 Å². The van der Waals surface area contributed by atoms with Crippen molar-refractivity contribution in [1.29, 1.82) is 0 Å². The lowest BCUT2D eigenvalue weighted by atomic mass is 10.1. The normalized spacial score (nSPS) is 11.0. The number of rotatable bonds is 5. The summed E-state index contributed by atoms with van der Waals surface area (Å²) in [4.78, 5) is 24.8. The number of carbonyl (C=O) groups is 2. The number of halogens is 1. The molecule has 0 bridgehead atoms. The highest BCUT2D eigenvalue weighted by atomic mass is 35.5. The van der Waals surface area contributed by atoms with Crippen LogP contribution < -0.4 is 10.7 Å². The molecule has 0 saturated heterocycles. The molecule has 2 N–H and O–H groups in total. The molecule has 0 heterocycles. The van der Waals surface area contributed by atoms with Gasteiger partial charge in [-0.2, -0.15) is 5.10 Å². The molecule has 3 aromatic rings. The van der Waals surface area contributed by atoms with Gasteiger partial charge in [0.15, 0.2) is 0 Å². The summed E-state index contributed by atoms with van der Waals surface area (Å²) in [7, 11) is 0. The third-order valence-corrected chi connectivity index (χ3v) is 4.35. The molecule has 2 amide bonds. The van der Waals surface area contributed by atoms with Crippen LogP contribution in [0.5, 0.6) is 0 Å². The summed E-state index contributed by atoms with van der Waals surface area (Å²) >= 11 is 6.05. The zero-order valence-electron chi connectivity index (χ0n) is 15.1. The van der Waals surface area contributed by atoms with Gasteiger partial charge in [0.1, 0.15) is 0 Å². The minimum atomic E-state index is -0.371. The highest BCUT2D eigenvalue weighted by Gasteiger charge is 2.11. The van der Waals surface area contributed by atoms with Crippen LogP contribution in [0.15, 0.2) is 84.0 Å². The van der Waals surface area contributed by atoms with Crippen molar-refractivity contribution in [2.24, 2.45) is 5.10 Å². The summed E-state index contributed by atoms with van der Waals surface area (Å²) in [6, 6.07) is 22.9. The Hall–Kier alpha value is -3.44. The Morgan fingerprint density at radius 1 is 0.821 bits per heavy atom. The lowest BCUT2D eigenvalue weighted by Gasteiger charge is -2.08. The molecule has 0 atom stereocenters. The van der Waals surface area contributed by atoms with Gasteiger partial charge in [0.2, 0.25) is 0 Å². The minimum absolute atomic E-state index is 0.346. The standard InChI is InChI=1S/C22H18ClN3O2/c1-15(16-8-3-2-4-9-16)25-26-21(27)17-10-7-11-18(14-17)24-22(28)19-12-5-6-13-20(19)23/h2-14H,1H3,(H,24,28)(H,26,27). The summed E-state index contributed by atoms with van der Waals surface area (Å²) in [6.07, 6.45) is 0. The van der Waals surface area contributed by atoms with Crippen molar-refractivity contribution < 1.29 is 9.59 Å². The third-order valence-electron chi connectivity index (χ3n) is 4.02. The first kappa shape index (κ1) is 19.3. The van der Waals surface area contributed by atoms with Crippen LogP contribution in [0, 0.1) is 0 Å². The molecule has 0 spiro atoms. The summed E-state index contributed by atoms with van der Waals surface area (Å²) in [6.45, 7) is 1.82. The number of benzene rings is 3. The first-order valence-electron chi connectivity index (χ1n) is 8.60. The molecule has 0 saturated carbocycles. The maximum absolute atomic E-state index is 12.4. The maximum atomic E-state index is 12.4. The molecule has 3 rings (SSSR count). The fraction of sp³-hybridized carbons (Fsp3) is 0.0455. The second-order valence-corrected chi connectivity index (χ2v) is 6.43. The molecule has 0 radical (unpaired) electrons. The van der Waals surface area contributed by atoms with Crippen molar-refractivity contribution in [3.05, 3.63) is 101 Å². The molecule has 0 fully saturated rings. The molecule has 140 valence electrons. The maximum Gasteiger partial charge on any atom is 0.271 e. The Labute approximate surface area is 168 Å².